The second-order valence-corrected chi connectivity index (χ2v) is 12.7. The lowest BCUT2D eigenvalue weighted by molar-refractivity contribution is -0.150. The van der Waals surface area contributed by atoms with E-state index in [9.17, 15) is 14.4 Å². The molecule has 182 valence electrons. The van der Waals surface area contributed by atoms with Gasteiger partial charge in [-0.05, 0) is 72.8 Å². The van der Waals surface area contributed by atoms with E-state index in [4.69, 9.17) is 4.74 Å². The van der Waals surface area contributed by atoms with Crippen molar-refractivity contribution in [3.05, 3.63) is 23.3 Å². The minimum Gasteiger partial charge on any atom is -0.465 e. The number of esters is 1. The molecule has 0 spiro atoms. The zero-order valence-corrected chi connectivity index (χ0v) is 21.9. The third-order valence-corrected chi connectivity index (χ3v) is 10.9. The second-order valence-electron chi connectivity index (χ2n) is 12.7. The van der Waals surface area contributed by atoms with Crippen molar-refractivity contribution in [1.29, 1.82) is 0 Å². The molecule has 4 nitrogen and oxygen atoms in total. The molecular weight excluding hydrogens is 412 g/mol. The van der Waals surface area contributed by atoms with Crippen LogP contribution < -0.4 is 0 Å². The lowest BCUT2D eigenvalue weighted by atomic mass is 9.70. The van der Waals surface area contributed by atoms with Gasteiger partial charge in [0.25, 0.3) is 0 Å². The van der Waals surface area contributed by atoms with E-state index in [-0.39, 0.29) is 57.6 Å². The molecule has 4 bridgehead atoms. The van der Waals surface area contributed by atoms with Crippen molar-refractivity contribution in [2.45, 2.75) is 93.9 Å². The summed E-state index contributed by atoms with van der Waals surface area (Å²) in [4.78, 5) is 40.9. The van der Waals surface area contributed by atoms with E-state index in [2.05, 4.69) is 41.5 Å². The van der Waals surface area contributed by atoms with Gasteiger partial charge in [0, 0.05) is 10.8 Å². The highest BCUT2D eigenvalue weighted by molar-refractivity contribution is 6.07. The van der Waals surface area contributed by atoms with Crippen molar-refractivity contribution in [1.82, 2.24) is 0 Å². The number of Topliss-reactive ketones (excluding diaryl/α,β-unsaturated/α-hetero) is 2. The summed E-state index contributed by atoms with van der Waals surface area (Å²) in [6, 6.07) is 0. The molecule has 0 aromatic carbocycles. The number of rotatable bonds is 6. The number of ketones is 2. The lowest BCUT2D eigenvalue weighted by Crippen LogP contribution is -2.34. The van der Waals surface area contributed by atoms with Crippen LogP contribution in [0.1, 0.15) is 93.9 Å². The molecule has 33 heavy (non-hydrogen) atoms. The van der Waals surface area contributed by atoms with Crippen molar-refractivity contribution in [2.24, 2.45) is 38.9 Å². The molecule has 4 aliphatic carbocycles. The quantitative estimate of drug-likeness (QED) is 0.352. The molecule has 0 aliphatic heterocycles. The molecule has 0 unspecified atom stereocenters. The van der Waals surface area contributed by atoms with E-state index in [0.29, 0.717) is 6.42 Å². The lowest BCUT2D eigenvalue weighted by Gasteiger charge is -2.31. The normalized spacial score (nSPS) is 38.7. The van der Waals surface area contributed by atoms with Gasteiger partial charge in [-0.15, -0.1) is 0 Å². The van der Waals surface area contributed by atoms with Crippen LogP contribution in [0.3, 0.4) is 0 Å². The minimum absolute atomic E-state index is 0.132. The third kappa shape index (κ3) is 2.91. The molecule has 0 aromatic heterocycles. The summed E-state index contributed by atoms with van der Waals surface area (Å²) in [7, 11) is 0. The highest BCUT2D eigenvalue weighted by Crippen LogP contribution is 2.67. The van der Waals surface area contributed by atoms with Gasteiger partial charge in [0.05, 0.1) is 6.61 Å². The number of ether oxygens (including phenoxy) is 1. The Hall–Kier alpha value is -1.71. The molecule has 4 fully saturated rings. The molecule has 4 saturated carbocycles. The number of carbonyl (C=O) groups excluding carboxylic acids is 3. The van der Waals surface area contributed by atoms with E-state index >= 15 is 0 Å². The summed E-state index contributed by atoms with van der Waals surface area (Å²) in [5, 5.41) is 0. The fourth-order valence-corrected chi connectivity index (χ4v) is 7.83. The van der Waals surface area contributed by atoms with Crippen molar-refractivity contribution >= 4 is 17.5 Å². The Labute approximate surface area is 199 Å². The van der Waals surface area contributed by atoms with Crippen LogP contribution in [0.4, 0.5) is 0 Å². The molecular formula is C29H42O4. The van der Waals surface area contributed by atoms with E-state index in [1.54, 1.807) is 0 Å². The van der Waals surface area contributed by atoms with E-state index in [0.717, 1.165) is 43.3 Å². The smallest absolute Gasteiger partial charge is 0.319 e. The molecule has 0 saturated heterocycles. The van der Waals surface area contributed by atoms with Crippen LogP contribution in [0.25, 0.3) is 0 Å². The summed E-state index contributed by atoms with van der Waals surface area (Å²) in [5.74, 6) is 0.313. The van der Waals surface area contributed by atoms with Crippen LogP contribution in [0, 0.1) is 38.9 Å². The average molecular weight is 455 g/mol. The highest BCUT2D eigenvalue weighted by atomic mass is 16.5. The Bertz CT molecular complexity index is 900. The molecule has 4 atom stereocenters. The first-order valence-electron chi connectivity index (χ1n) is 13.0. The van der Waals surface area contributed by atoms with Gasteiger partial charge in [-0.25, -0.2) is 0 Å². The molecule has 0 amide bonds. The van der Waals surface area contributed by atoms with Crippen molar-refractivity contribution in [3.8, 4) is 0 Å². The Balaban J connectivity index is 1.90. The molecule has 0 aromatic rings. The Morgan fingerprint density at radius 1 is 0.879 bits per heavy atom. The van der Waals surface area contributed by atoms with Crippen LogP contribution in [-0.2, 0) is 19.1 Å². The first-order chi connectivity index (χ1) is 15.2. The van der Waals surface area contributed by atoms with Gasteiger partial charge in [-0.1, -0.05) is 67.0 Å². The van der Waals surface area contributed by atoms with Crippen LogP contribution in [-0.4, -0.2) is 24.1 Å². The maximum atomic E-state index is 13.6. The predicted molar refractivity (Wildman–Crippen MR) is 129 cm³/mol. The molecule has 0 radical (unpaired) electrons. The fourth-order valence-electron chi connectivity index (χ4n) is 7.83. The van der Waals surface area contributed by atoms with Gasteiger partial charge >= 0.3 is 5.97 Å². The zero-order valence-electron chi connectivity index (χ0n) is 21.9. The van der Waals surface area contributed by atoms with Gasteiger partial charge < -0.3 is 4.74 Å². The van der Waals surface area contributed by atoms with E-state index in [1.807, 2.05) is 26.0 Å². The second kappa shape index (κ2) is 7.39. The number of carbonyl (C=O) groups is 3. The Morgan fingerprint density at radius 3 is 1.61 bits per heavy atom. The molecule has 4 heteroatoms. The molecule has 4 aliphatic rings. The number of hydrogen-bond donors (Lipinski definition) is 0. The van der Waals surface area contributed by atoms with Gasteiger partial charge in [0.2, 0.25) is 0 Å². The van der Waals surface area contributed by atoms with E-state index < -0.39 is 5.41 Å². The third-order valence-electron chi connectivity index (χ3n) is 10.9. The van der Waals surface area contributed by atoms with Crippen LogP contribution >= 0.6 is 0 Å². The first-order valence-corrected chi connectivity index (χ1v) is 13.0. The highest BCUT2D eigenvalue weighted by Gasteiger charge is 2.66. The molecule has 0 N–H and O–H groups in total. The van der Waals surface area contributed by atoms with Crippen molar-refractivity contribution in [3.63, 3.8) is 0 Å². The van der Waals surface area contributed by atoms with Gasteiger partial charge in [-0.3, -0.25) is 14.4 Å². The number of fused-ring (bicyclic) bond motifs is 4. The van der Waals surface area contributed by atoms with Crippen LogP contribution in [0.15, 0.2) is 23.3 Å². The number of hydrogen-bond acceptors (Lipinski definition) is 4. The van der Waals surface area contributed by atoms with Gasteiger partial charge in [0.15, 0.2) is 11.6 Å². The SMILES string of the molecule is CCCC(/C=C1\C(=O)[C@@]2(C)CC[C@H]1C2(C)C)(/C=C1\C(=O)[C@@]2(C)CC[C@H]1C2(C)C)C(=O)OCC. The van der Waals surface area contributed by atoms with Gasteiger partial charge in [0.1, 0.15) is 5.41 Å². The maximum absolute atomic E-state index is 13.6. The largest absolute Gasteiger partial charge is 0.465 e. The predicted octanol–water partition coefficient (Wildman–Crippen LogP) is 6.24. The molecule has 4 rings (SSSR count). The standard InChI is InChI=1S/C29H42O4/c1-9-13-29(24(32)33-10-2,16-18-20-11-14-27(7,22(18)30)25(20,3)4)17-19-21-12-15-28(8,23(19)31)26(21,5)6/h16-17,20-21H,9-15H2,1-8H3/b18-16-,19-17-/t20-,21-,27-,28-/m1/s1. The zero-order chi connectivity index (χ0) is 24.6. The maximum Gasteiger partial charge on any atom is 0.319 e. The number of allylic oxidation sites excluding steroid dienone is 2. The first kappa shape index (κ1) is 24.4. The summed E-state index contributed by atoms with van der Waals surface area (Å²) >= 11 is 0. The minimum atomic E-state index is -1.07. The topological polar surface area (TPSA) is 60.4 Å². The average Bonchev–Trinajstić information content (AvgIpc) is 3.21. The summed E-state index contributed by atoms with van der Waals surface area (Å²) in [5.41, 5.74) is -0.543. The summed E-state index contributed by atoms with van der Waals surface area (Å²) in [6.45, 7) is 17.1. The van der Waals surface area contributed by atoms with E-state index in [1.165, 1.54) is 0 Å². The Morgan fingerprint density at radius 2 is 1.30 bits per heavy atom. The summed E-state index contributed by atoms with van der Waals surface area (Å²) < 4.78 is 5.61. The van der Waals surface area contributed by atoms with Gasteiger partial charge in [-0.2, -0.15) is 0 Å². The molecule has 0 heterocycles. The van der Waals surface area contributed by atoms with Crippen LogP contribution in [0.5, 0.6) is 0 Å². The fraction of sp³-hybridized carbons (Fsp3) is 0.759. The monoisotopic (exact) mass is 454 g/mol. The van der Waals surface area contributed by atoms with Crippen molar-refractivity contribution in [2.75, 3.05) is 6.61 Å². The van der Waals surface area contributed by atoms with Crippen molar-refractivity contribution < 1.29 is 19.1 Å². The Kier molecular flexibility index (Phi) is 5.47. The summed E-state index contributed by atoms with van der Waals surface area (Å²) in [6.07, 6.45) is 8.90. The van der Waals surface area contributed by atoms with Crippen LogP contribution in [0.2, 0.25) is 0 Å².